The fourth-order valence-electron chi connectivity index (χ4n) is 6.44. The van der Waals surface area contributed by atoms with E-state index in [9.17, 15) is 4.79 Å². The molecule has 2 aromatic carbocycles. The molecule has 212 valence electrons. The van der Waals surface area contributed by atoms with E-state index in [-0.39, 0.29) is 17.9 Å². The van der Waals surface area contributed by atoms with Crippen LogP contribution in [0.15, 0.2) is 53.1 Å². The summed E-state index contributed by atoms with van der Waals surface area (Å²) in [5.41, 5.74) is 5.67. The Bertz CT molecular complexity index is 1620. The van der Waals surface area contributed by atoms with Gasteiger partial charge < -0.3 is 23.7 Å². The minimum absolute atomic E-state index is 0.143. The summed E-state index contributed by atoms with van der Waals surface area (Å²) in [4.78, 5) is 22.9. The summed E-state index contributed by atoms with van der Waals surface area (Å²) in [5.74, 6) is 0.322. The number of hydrogen-bond acceptors (Lipinski definition) is 6. The third kappa shape index (κ3) is 4.74. The number of benzene rings is 2. The zero-order valence-electron chi connectivity index (χ0n) is 22.9. The highest BCUT2D eigenvalue weighted by Gasteiger charge is 2.45. The van der Waals surface area contributed by atoms with Crippen molar-refractivity contribution in [1.29, 1.82) is 0 Å². The predicted octanol–water partition coefficient (Wildman–Crippen LogP) is 6.84. The van der Waals surface area contributed by atoms with Crippen LogP contribution in [0.3, 0.4) is 0 Å². The number of amides is 1. The number of hydrogen-bond donors (Lipinski definition) is 0. The molecule has 2 aromatic heterocycles. The normalized spacial score (nSPS) is 18.1. The highest BCUT2D eigenvalue weighted by Crippen LogP contribution is 2.47. The maximum absolute atomic E-state index is 14.1. The van der Waals surface area contributed by atoms with Crippen LogP contribution in [0.1, 0.15) is 45.6 Å². The summed E-state index contributed by atoms with van der Waals surface area (Å²) < 4.78 is 17.7. The van der Waals surface area contributed by atoms with E-state index in [4.69, 9.17) is 42.1 Å². The standard InChI is InChI=1S/C32H31Cl2N3O4/c1-20-22-8-12-40-29(22)24(30(35-20)41-17-21-5-3-2-4-6-21)16-36-11-7-23-25(33)15-26(28(34)27(23)31(36)38)37-18-32(19-37)9-13-39-14-10-32/h2-6,8,12,15H,7,9-11,13-14,16-19H2,1H3. The summed E-state index contributed by atoms with van der Waals surface area (Å²) in [6.45, 7) is 6.47. The van der Waals surface area contributed by atoms with Crippen LogP contribution in [0.2, 0.25) is 10.0 Å². The molecule has 2 saturated heterocycles. The van der Waals surface area contributed by atoms with Crippen molar-refractivity contribution in [3.05, 3.63) is 86.7 Å². The number of aryl methyl sites for hydroxylation is 1. The van der Waals surface area contributed by atoms with Gasteiger partial charge in [0.05, 0.1) is 40.3 Å². The molecule has 0 aliphatic carbocycles. The fraction of sp³-hybridized carbons (Fsp3) is 0.375. The fourth-order valence-corrected chi connectivity index (χ4v) is 7.10. The minimum atomic E-state index is -0.143. The minimum Gasteiger partial charge on any atom is -0.472 e. The second kappa shape index (κ2) is 10.5. The molecule has 9 heteroatoms. The van der Waals surface area contributed by atoms with E-state index < -0.39 is 0 Å². The van der Waals surface area contributed by atoms with E-state index in [0.717, 1.165) is 72.6 Å². The Morgan fingerprint density at radius 2 is 1.88 bits per heavy atom. The molecule has 5 heterocycles. The zero-order chi connectivity index (χ0) is 28.1. The summed E-state index contributed by atoms with van der Waals surface area (Å²) in [6, 6.07) is 13.8. The zero-order valence-corrected chi connectivity index (χ0v) is 24.4. The lowest BCUT2D eigenvalue weighted by atomic mass is 9.73. The SMILES string of the molecule is Cc1nc(OCc2ccccc2)c(CN2CCc3c(Cl)cc(N4CC5(CCOCC5)C4)c(Cl)c3C2=O)c2occc12. The van der Waals surface area contributed by atoms with E-state index in [1.807, 2.05) is 49.4 Å². The molecule has 3 aliphatic rings. The van der Waals surface area contributed by atoms with Gasteiger partial charge in [-0.1, -0.05) is 53.5 Å². The number of halogens is 2. The monoisotopic (exact) mass is 591 g/mol. The van der Waals surface area contributed by atoms with Crippen molar-refractivity contribution in [1.82, 2.24) is 9.88 Å². The third-order valence-corrected chi connectivity index (χ3v) is 9.52. The number of pyridine rings is 1. The van der Waals surface area contributed by atoms with Gasteiger partial charge >= 0.3 is 0 Å². The van der Waals surface area contributed by atoms with Crippen molar-refractivity contribution < 1.29 is 18.7 Å². The van der Waals surface area contributed by atoms with Gasteiger partial charge in [0.15, 0.2) is 0 Å². The summed E-state index contributed by atoms with van der Waals surface area (Å²) in [7, 11) is 0. The molecule has 0 unspecified atom stereocenters. The third-order valence-electron chi connectivity index (χ3n) is 8.80. The Balaban J connectivity index is 1.18. The lowest BCUT2D eigenvalue weighted by Gasteiger charge is -2.53. The molecule has 4 aromatic rings. The summed E-state index contributed by atoms with van der Waals surface area (Å²) in [6.07, 6.45) is 4.36. The van der Waals surface area contributed by atoms with Crippen LogP contribution in [-0.4, -0.2) is 48.6 Å². The molecule has 1 spiro atoms. The maximum atomic E-state index is 14.1. The maximum Gasteiger partial charge on any atom is 0.256 e. The molecule has 0 saturated carbocycles. The lowest BCUT2D eigenvalue weighted by Crippen LogP contribution is -2.58. The number of aromatic nitrogens is 1. The predicted molar refractivity (Wildman–Crippen MR) is 159 cm³/mol. The highest BCUT2D eigenvalue weighted by atomic mass is 35.5. The largest absolute Gasteiger partial charge is 0.472 e. The Kier molecular flexibility index (Phi) is 6.84. The van der Waals surface area contributed by atoms with Gasteiger partial charge in [0.2, 0.25) is 5.88 Å². The van der Waals surface area contributed by atoms with Gasteiger partial charge in [-0.15, -0.1) is 0 Å². The number of furan rings is 1. The molecular weight excluding hydrogens is 561 g/mol. The van der Waals surface area contributed by atoms with Crippen molar-refractivity contribution >= 4 is 45.8 Å². The quantitative estimate of drug-likeness (QED) is 0.244. The van der Waals surface area contributed by atoms with Crippen LogP contribution >= 0.6 is 23.2 Å². The average Bonchev–Trinajstić information content (AvgIpc) is 3.47. The van der Waals surface area contributed by atoms with Crippen LogP contribution < -0.4 is 9.64 Å². The van der Waals surface area contributed by atoms with E-state index in [1.54, 1.807) is 11.2 Å². The second-order valence-corrected chi connectivity index (χ2v) is 12.2. The first-order chi connectivity index (χ1) is 19.9. The number of nitrogens with zero attached hydrogens (tertiary/aromatic N) is 3. The Labute approximate surface area is 248 Å². The molecular formula is C32H31Cl2N3O4. The van der Waals surface area contributed by atoms with Crippen LogP contribution in [0, 0.1) is 12.3 Å². The van der Waals surface area contributed by atoms with Gasteiger partial charge in [-0.05, 0) is 49.4 Å². The van der Waals surface area contributed by atoms with Crippen molar-refractivity contribution in [3.8, 4) is 5.88 Å². The van der Waals surface area contributed by atoms with Crippen molar-refractivity contribution in [2.75, 3.05) is 37.7 Å². The molecule has 0 radical (unpaired) electrons. The molecule has 0 N–H and O–H groups in total. The van der Waals surface area contributed by atoms with E-state index in [2.05, 4.69) is 4.90 Å². The molecule has 1 amide bonds. The van der Waals surface area contributed by atoms with Crippen molar-refractivity contribution in [3.63, 3.8) is 0 Å². The topological polar surface area (TPSA) is 68.0 Å². The van der Waals surface area contributed by atoms with Gasteiger partial charge in [-0.25, -0.2) is 4.98 Å². The van der Waals surface area contributed by atoms with Crippen LogP contribution in [0.25, 0.3) is 11.0 Å². The van der Waals surface area contributed by atoms with Crippen LogP contribution in [0.5, 0.6) is 5.88 Å². The van der Waals surface area contributed by atoms with Gasteiger partial charge in [0.25, 0.3) is 5.91 Å². The number of fused-ring (bicyclic) bond motifs is 2. The van der Waals surface area contributed by atoms with E-state index in [1.165, 1.54) is 0 Å². The molecule has 2 fully saturated rings. The van der Waals surface area contributed by atoms with Gasteiger partial charge in [-0.2, -0.15) is 0 Å². The van der Waals surface area contributed by atoms with E-state index in [0.29, 0.717) is 46.6 Å². The summed E-state index contributed by atoms with van der Waals surface area (Å²) in [5, 5.41) is 1.98. The Morgan fingerprint density at radius 1 is 1.10 bits per heavy atom. The Hall–Kier alpha value is -3.26. The molecule has 41 heavy (non-hydrogen) atoms. The molecule has 0 atom stereocenters. The number of rotatable bonds is 6. The number of carbonyl (C=O) groups excluding carboxylic acids is 1. The molecule has 3 aliphatic heterocycles. The lowest BCUT2D eigenvalue weighted by molar-refractivity contribution is -0.000187. The molecule has 7 nitrogen and oxygen atoms in total. The number of carbonyl (C=O) groups is 1. The average molecular weight is 593 g/mol. The first kappa shape index (κ1) is 26.6. The Morgan fingerprint density at radius 3 is 2.66 bits per heavy atom. The van der Waals surface area contributed by atoms with Gasteiger partial charge in [0.1, 0.15) is 12.2 Å². The van der Waals surface area contributed by atoms with Crippen molar-refractivity contribution in [2.24, 2.45) is 5.41 Å². The highest BCUT2D eigenvalue weighted by molar-refractivity contribution is 6.39. The van der Waals surface area contributed by atoms with E-state index >= 15 is 0 Å². The van der Waals surface area contributed by atoms with Crippen LogP contribution in [-0.2, 0) is 24.3 Å². The smallest absolute Gasteiger partial charge is 0.256 e. The van der Waals surface area contributed by atoms with Crippen LogP contribution in [0.4, 0.5) is 5.69 Å². The first-order valence-corrected chi connectivity index (χ1v) is 14.8. The second-order valence-electron chi connectivity index (χ2n) is 11.4. The molecule has 0 bridgehead atoms. The summed E-state index contributed by atoms with van der Waals surface area (Å²) >= 11 is 13.8. The van der Waals surface area contributed by atoms with Crippen molar-refractivity contribution in [2.45, 2.75) is 39.3 Å². The number of anilines is 1. The number of ether oxygens (including phenoxy) is 2. The van der Waals surface area contributed by atoms with Gasteiger partial charge in [-0.3, -0.25) is 4.79 Å². The van der Waals surface area contributed by atoms with Gasteiger partial charge in [0, 0.05) is 48.7 Å². The molecule has 7 rings (SSSR count). The first-order valence-electron chi connectivity index (χ1n) is 14.1.